The number of fused-ring (bicyclic) bond motifs is 4. The summed E-state index contributed by atoms with van der Waals surface area (Å²) in [6, 6.07) is 69.5. The summed E-state index contributed by atoms with van der Waals surface area (Å²) >= 11 is 1.71. The first-order valence-electron chi connectivity index (χ1n) is 19.6. The van der Waals surface area contributed by atoms with Crippen LogP contribution in [-0.4, -0.2) is 24.9 Å². The highest BCUT2D eigenvalue weighted by Gasteiger charge is 2.16. The van der Waals surface area contributed by atoms with Crippen LogP contribution >= 0.6 is 11.3 Å². The van der Waals surface area contributed by atoms with Crippen molar-refractivity contribution in [2.45, 2.75) is 0 Å². The lowest BCUT2D eigenvalue weighted by Gasteiger charge is -2.11. The summed E-state index contributed by atoms with van der Waals surface area (Å²) in [5.41, 5.74) is 14.7. The fourth-order valence-electron chi connectivity index (χ4n) is 7.76. The molecule has 0 bridgehead atoms. The average Bonchev–Trinajstić information content (AvgIpc) is 3.69. The molecule has 0 spiro atoms. The number of aromatic nitrogens is 5. The molecule has 0 saturated carbocycles. The lowest BCUT2D eigenvalue weighted by molar-refractivity contribution is 1.07. The van der Waals surface area contributed by atoms with Crippen molar-refractivity contribution in [3.05, 3.63) is 200 Å². The molecule has 0 N–H and O–H groups in total. The summed E-state index contributed by atoms with van der Waals surface area (Å²) in [7, 11) is 0. The molecule has 0 aliphatic rings. The number of para-hydroxylation sites is 2. The molecule has 3 aromatic heterocycles. The van der Waals surface area contributed by atoms with E-state index in [2.05, 4.69) is 140 Å². The first kappa shape index (κ1) is 34.6. The summed E-state index contributed by atoms with van der Waals surface area (Å²) < 4.78 is 1.20. The Hall–Kier alpha value is -7.67. The summed E-state index contributed by atoms with van der Waals surface area (Å²) in [4.78, 5) is 26.0. The molecule has 11 aromatic rings. The molecule has 0 amide bonds. The molecule has 3 heterocycles. The molecule has 0 atom stereocenters. The number of benzene rings is 8. The highest BCUT2D eigenvalue weighted by atomic mass is 32.1. The maximum Gasteiger partial charge on any atom is 0.164 e. The van der Waals surface area contributed by atoms with Gasteiger partial charge in [-0.1, -0.05) is 170 Å². The quantitative estimate of drug-likeness (QED) is 0.161. The Bertz CT molecular complexity index is 3320. The predicted octanol–water partition coefficient (Wildman–Crippen LogP) is 13.9. The highest BCUT2D eigenvalue weighted by Crippen LogP contribution is 2.40. The van der Waals surface area contributed by atoms with E-state index in [-0.39, 0.29) is 0 Å². The van der Waals surface area contributed by atoms with Crippen LogP contribution in [0.5, 0.6) is 0 Å². The summed E-state index contributed by atoms with van der Waals surface area (Å²) in [6.07, 6.45) is 0. The van der Waals surface area contributed by atoms with Crippen molar-refractivity contribution >= 4 is 42.8 Å². The molecule has 11 rings (SSSR count). The van der Waals surface area contributed by atoms with Crippen LogP contribution in [0.15, 0.2) is 200 Å². The summed E-state index contributed by atoms with van der Waals surface area (Å²) in [5.74, 6) is 1.89. The molecule has 276 valence electrons. The second-order valence-electron chi connectivity index (χ2n) is 14.5. The Morgan fingerprint density at radius 1 is 0.288 bits per heavy atom. The second-order valence-corrected chi connectivity index (χ2v) is 15.5. The van der Waals surface area contributed by atoms with Gasteiger partial charge in [0.05, 0.1) is 11.0 Å². The standard InChI is InChI=1S/C53H33N5S/c1-3-13-34(14-4-1)35-27-29-37(30-28-35)51-56-50(36-15-5-2-6-16-36)57-52(58-51)43-22-11-20-41(33-43)39-18-9-17-38(31-39)40-19-10-21-42(32-40)44-23-12-24-45-48-53(59-49(44)45)55-47-26-8-7-25-46(47)54-48/h1-33H. The molecule has 0 unspecified atom stereocenters. The first-order chi connectivity index (χ1) is 29.2. The molecule has 6 heteroatoms. The van der Waals surface area contributed by atoms with Crippen LogP contribution in [0, 0.1) is 0 Å². The van der Waals surface area contributed by atoms with Crippen molar-refractivity contribution in [2.24, 2.45) is 0 Å². The Kier molecular flexibility index (Phi) is 8.60. The van der Waals surface area contributed by atoms with Crippen LogP contribution in [0.3, 0.4) is 0 Å². The van der Waals surface area contributed by atoms with E-state index in [0.29, 0.717) is 17.5 Å². The van der Waals surface area contributed by atoms with Crippen molar-refractivity contribution < 1.29 is 0 Å². The topological polar surface area (TPSA) is 64.5 Å². The fourth-order valence-corrected chi connectivity index (χ4v) is 8.92. The Morgan fingerprint density at radius 3 is 1.36 bits per heavy atom. The van der Waals surface area contributed by atoms with E-state index in [0.717, 1.165) is 76.8 Å². The SMILES string of the molecule is c1ccc(-c2ccc(-c3nc(-c4ccccc4)nc(-c4cccc(-c5cccc(-c6cccc(-c7cccc8c7sc7nc9ccccc9nc78)c6)c5)c4)n3)cc2)cc1. The van der Waals surface area contributed by atoms with Crippen LogP contribution in [0.2, 0.25) is 0 Å². The Morgan fingerprint density at radius 2 is 0.712 bits per heavy atom. The average molecular weight is 772 g/mol. The minimum Gasteiger partial charge on any atom is -0.243 e. The lowest BCUT2D eigenvalue weighted by Crippen LogP contribution is -2.00. The zero-order valence-corrected chi connectivity index (χ0v) is 32.5. The maximum atomic E-state index is 5.06. The van der Waals surface area contributed by atoms with E-state index in [1.54, 1.807) is 11.3 Å². The fraction of sp³-hybridized carbons (Fsp3) is 0. The molecular formula is C53H33N5S. The maximum absolute atomic E-state index is 5.06. The second kappa shape index (κ2) is 14.7. The Labute approximate surface area is 345 Å². The van der Waals surface area contributed by atoms with Crippen LogP contribution in [0.1, 0.15) is 0 Å². The molecule has 8 aromatic carbocycles. The molecule has 0 radical (unpaired) electrons. The van der Waals surface area contributed by atoms with E-state index in [9.17, 15) is 0 Å². The van der Waals surface area contributed by atoms with Gasteiger partial charge in [-0.05, 0) is 74.8 Å². The van der Waals surface area contributed by atoms with Gasteiger partial charge in [0.15, 0.2) is 17.5 Å². The van der Waals surface area contributed by atoms with Gasteiger partial charge in [-0.15, -0.1) is 11.3 Å². The van der Waals surface area contributed by atoms with Gasteiger partial charge in [0, 0.05) is 26.8 Å². The van der Waals surface area contributed by atoms with Crippen LogP contribution < -0.4 is 0 Å². The normalized spacial score (nSPS) is 11.4. The van der Waals surface area contributed by atoms with Gasteiger partial charge in [-0.2, -0.15) is 0 Å². The van der Waals surface area contributed by atoms with E-state index in [1.807, 2.05) is 60.7 Å². The largest absolute Gasteiger partial charge is 0.243 e. The van der Waals surface area contributed by atoms with Crippen molar-refractivity contribution in [1.29, 1.82) is 0 Å². The number of rotatable bonds is 7. The van der Waals surface area contributed by atoms with E-state index in [1.165, 1.54) is 15.8 Å². The molecule has 0 saturated heterocycles. The molecule has 0 aliphatic carbocycles. The molecular weight excluding hydrogens is 739 g/mol. The van der Waals surface area contributed by atoms with Gasteiger partial charge >= 0.3 is 0 Å². The van der Waals surface area contributed by atoms with Crippen molar-refractivity contribution in [1.82, 2.24) is 24.9 Å². The predicted molar refractivity (Wildman–Crippen MR) is 244 cm³/mol. The third-order valence-electron chi connectivity index (χ3n) is 10.7. The first-order valence-corrected chi connectivity index (χ1v) is 20.4. The number of nitrogens with zero attached hydrogens (tertiary/aromatic N) is 5. The van der Waals surface area contributed by atoms with Crippen molar-refractivity contribution in [2.75, 3.05) is 0 Å². The third-order valence-corrected chi connectivity index (χ3v) is 11.9. The summed E-state index contributed by atoms with van der Waals surface area (Å²) in [5, 5.41) is 1.13. The third kappa shape index (κ3) is 6.61. The molecule has 0 fully saturated rings. The van der Waals surface area contributed by atoms with Crippen LogP contribution in [0.4, 0.5) is 0 Å². The van der Waals surface area contributed by atoms with E-state index >= 15 is 0 Å². The number of hydrogen-bond acceptors (Lipinski definition) is 6. The minimum atomic E-state index is 0.626. The van der Waals surface area contributed by atoms with Gasteiger partial charge in [0.1, 0.15) is 10.3 Å². The highest BCUT2D eigenvalue weighted by molar-refractivity contribution is 7.26. The molecule has 0 aliphatic heterocycles. The number of hydrogen-bond donors (Lipinski definition) is 0. The van der Waals surface area contributed by atoms with Gasteiger partial charge < -0.3 is 0 Å². The van der Waals surface area contributed by atoms with Crippen LogP contribution in [0.25, 0.3) is 110 Å². The van der Waals surface area contributed by atoms with Gasteiger partial charge in [-0.25, -0.2) is 24.9 Å². The zero-order chi connectivity index (χ0) is 39.1. The molecule has 5 nitrogen and oxygen atoms in total. The van der Waals surface area contributed by atoms with E-state index < -0.39 is 0 Å². The van der Waals surface area contributed by atoms with Gasteiger partial charge in [-0.3, -0.25) is 0 Å². The van der Waals surface area contributed by atoms with Crippen molar-refractivity contribution in [3.8, 4) is 78.7 Å². The van der Waals surface area contributed by atoms with E-state index in [4.69, 9.17) is 24.9 Å². The monoisotopic (exact) mass is 771 g/mol. The Balaban J connectivity index is 0.943. The lowest BCUT2D eigenvalue weighted by atomic mass is 9.95. The molecule has 59 heavy (non-hydrogen) atoms. The smallest absolute Gasteiger partial charge is 0.164 e. The van der Waals surface area contributed by atoms with Crippen LogP contribution in [-0.2, 0) is 0 Å². The number of thiophene rings is 1. The summed E-state index contributed by atoms with van der Waals surface area (Å²) in [6.45, 7) is 0. The van der Waals surface area contributed by atoms with Gasteiger partial charge in [0.25, 0.3) is 0 Å². The zero-order valence-electron chi connectivity index (χ0n) is 31.7. The van der Waals surface area contributed by atoms with Crippen molar-refractivity contribution in [3.63, 3.8) is 0 Å². The minimum absolute atomic E-state index is 0.626. The van der Waals surface area contributed by atoms with Gasteiger partial charge in [0.2, 0.25) is 0 Å².